The van der Waals surface area contributed by atoms with Crippen molar-refractivity contribution >= 4 is 17.7 Å². The molecule has 31 heavy (non-hydrogen) atoms. The number of hydrogen-bond donors (Lipinski definition) is 0. The standard InChI is InChI=1S/C27H25FN2O/c1-26(2)23-10-6-7-11-24(23)29-19-25(31)30(18-21-8-4-3-5-9-21)27(26,29)17-16-20-12-14-22(28)15-13-20/h3-17H,18-19H2,1-2H3/b17-16-/t27-/m1/s1. The molecule has 2 heterocycles. The second-order valence-corrected chi connectivity index (χ2v) is 8.80. The van der Waals surface area contributed by atoms with E-state index in [4.69, 9.17) is 0 Å². The van der Waals surface area contributed by atoms with Crippen molar-refractivity contribution in [3.05, 3.63) is 107 Å². The molecule has 0 aliphatic carbocycles. The third kappa shape index (κ3) is 2.89. The van der Waals surface area contributed by atoms with Gasteiger partial charge in [0.1, 0.15) is 11.5 Å². The largest absolute Gasteiger partial charge is 0.335 e. The molecule has 0 radical (unpaired) electrons. The average molecular weight is 413 g/mol. The van der Waals surface area contributed by atoms with Gasteiger partial charge >= 0.3 is 0 Å². The highest BCUT2D eigenvalue weighted by Gasteiger charge is 2.63. The molecule has 5 rings (SSSR count). The number of para-hydroxylation sites is 1. The summed E-state index contributed by atoms with van der Waals surface area (Å²) >= 11 is 0. The van der Waals surface area contributed by atoms with Crippen molar-refractivity contribution in [1.82, 2.24) is 4.90 Å². The highest BCUT2D eigenvalue weighted by Crippen LogP contribution is 2.56. The molecule has 1 fully saturated rings. The molecule has 0 bridgehead atoms. The molecule has 1 amide bonds. The molecular weight excluding hydrogens is 387 g/mol. The number of nitrogens with zero attached hydrogens (tertiary/aromatic N) is 2. The van der Waals surface area contributed by atoms with Crippen LogP contribution in [0.5, 0.6) is 0 Å². The van der Waals surface area contributed by atoms with Gasteiger partial charge in [-0.2, -0.15) is 0 Å². The molecule has 0 aromatic heterocycles. The first kappa shape index (κ1) is 19.6. The van der Waals surface area contributed by atoms with Crippen LogP contribution in [0.25, 0.3) is 6.08 Å². The number of carbonyl (C=O) groups excluding carboxylic acids is 1. The number of hydrogen-bond acceptors (Lipinski definition) is 2. The summed E-state index contributed by atoms with van der Waals surface area (Å²) in [6.45, 7) is 5.28. The van der Waals surface area contributed by atoms with Gasteiger partial charge < -0.3 is 9.80 Å². The Morgan fingerprint density at radius 1 is 0.935 bits per heavy atom. The minimum Gasteiger partial charge on any atom is -0.335 e. The van der Waals surface area contributed by atoms with Crippen LogP contribution in [0.15, 0.2) is 84.9 Å². The highest BCUT2D eigenvalue weighted by atomic mass is 19.1. The molecule has 1 saturated heterocycles. The molecule has 2 aliphatic rings. The van der Waals surface area contributed by atoms with E-state index in [9.17, 15) is 9.18 Å². The van der Waals surface area contributed by atoms with Crippen molar-refractivity contribution in [1.29, 1.82) is 0 Å². The molecule has 0 saturated carbocycles. The van der Waals surface area contributed by atoms with E-state index in [1.807, 2.05) is 35.2 Å². The number of rotatable bonds is 4. The van der Waals surface area contributed by atoms with Crippen LogP contribution in [0, 0.1) is 5.82 Å². The summed E-state index contributed by atoms with van der Waals surface area (Å²) in [6.07, 6.45) is 4.14. The Balaban J connectivity index is 1.66. The summed E-state index contributed by atoms with van der Waals surface area (Å²) in [5, 5.41) is 0. The van der Waals surface area contributed by atoms with E-state index >= 15 is 0 Å². The van der Waals surface area contributed by atoms with Crippen LogP contribution in [0.3, 0.4) is 0 Å². The second kappa shape index (κ2) is 7.09. The lowest BCUT2D eigenvalue weighted by atomic mass is 9.74. The van der Waals surface area contributed by atoms with E-state index in [0.717, 1.165) is 16.8 Å². The van der Waals surface area contributed by atoms with E-state index < -0.39 is 5.66 Å². The first-order chi connectivity index (χ1) is 14.9. The van der Waals surface area contributed by atoms with Crippen LogP contribution in [0.4, 0.5) is 10.1 Å². The summed E-state index contributed by atoms with van der Waals surface area (Å²) in [5.41, 5.74) is 3.32. The number of halogens is 1. The molecule has 156 valence electrons. The quantitative estimate of drug-likeness (QED) is 0.575. The van der Waals surface area contributed by atoms with E-state index in [2.05, 4.69) is 55.2 Å². The first-order valence-electron chi connectivity index (χ1n) is 10.6. The van der Waals surface area contributed by atoms with Gasteiger partial charge in [-0.1, -0.05) is 80.6 Å². The van der Waals surface area contributed by atoms with Crippen molar-refractivity contribution in [2.45, 2.75) is 31.5 Å². The van der Waals surface area contributed by atoms with Crippen molar-refractivity contribution < 1.29 is 9.18 Å². The van der Waals surface area contributed by atoms with Crippen LogP contribution in [0.1, 0.15) is 30.5 Å². The van der Waals surface area contributed by atoms with Gasteiger partial charge in [-0.15, -0.1) is 0 Å². The molecule has 3 aromatic rings. The molecule has 3 nitrogen and oxygen atoms in total. The lowest BCUT2D eigenvalue weighted by Crippen LogP contribution is -2.60. The molecule has 1 atom stereocenters. The van der Waals surface area contributed by atoms with E-state index in [1.165, 1.54) is 17.7 Å². The van der Waals surface area contributed by atoms with Gasteiger partial charge in [-0.3, -0.25) is 4.79 Å². The van der Waals surface area contributed by atoms with Gasteiger partial charge in [0.05, 0.1) is 6.54 Å². The third-order valence-corrected chi connectivity index (χ3v) is 6.77. The zero-order chi connectivity index (χ0) is 21.6. The van der Waals surface area contributed by atoms with Crippen LogP contribution < -0.4 is 4.90 Å². The Morgan fingerprint density at radius 2 is 1.61 bits per heavy atom. The Bertz CT molecular complexity index is 1150. The molecule has 4 heteroatoms. The maximum absolute atomic E-state index is 13.4. The number of carbonyl (C=O) groups is 1. The molecule has 3 aromatic carbocycles. The van der Waals surface area contributed by atoms with Crippen molar-refractivity contribution in [2.75, 3.05) is 11.4 Å². The number of anilines is 1. The Hall–Kier alpha value is -3.40. The van der Waals surface area contributed by atoms with Gasteiger partial charge in [0, 0.05) is 17.6 Å². The zero-order valence-electron chi connectivity index (χ0n) is 17.8. The van der Waals surface area contributed by atoms with Crippen LogP contribution in [-0.4, -0.2) is 23.0 Å². The van der Waals surface area contributed by atoms with Crippen LogP contribution in [0.2, 0.25) is 0 Å². The van der Waals surface area contributed by atoms with Crippen LogP contribution in [-0.2, 0) is 16.8 Å². The fraction of sp³-hybridized carbons (Fsp3) is 0.222. The van der Waals surface area contributed by atoms with Gasteiger partial charge in [0.25, 0.3) is 0 Å². The van der Waals surface area contributed by atoms with E-state index in [-0.39, 0.29) is 17.1 Å². The average Bonchev–Trinajstić information content (AvgIpc) is 3.16. The van der Waals surface area contributed by atoms with Crippen molar-refractivity contribution in [3.8, 4) is 0 Å². The van der Waals surface area contributed by atoms with Gasteiger partial charge in [0.15, 0.2) is 0 Å². The summed E-state index contributed by atoms with van der Waals surface area (Å²) in [4.78, 5) is 17.6. The summed E-state index contributed by atoms with van der Waals surface area (Å²) in [5.74, 6) is -0.150. The van der Waals surface area contributed by atoms with Gasteiger partial charge in [-0.25, -0.2) is 4.39 Å². The van der Waals surface area contributed by atoms with Crippen molar-refractivity contribution in [3.63, 3.8) is 0 Å². The maximum atomic E-state index is 13.4. The Kier molecular flexibility index (Phi) is 4.47. The maximum Gasteiger partial charge on any atom is 0.244 e. The minimum atomic E-state index is -0.655. The summed E-state index contributed by atoms with van der Waals surface area (Å²) in [7, 11) is 0. The molecule has 0 spiro atoms. The van der Waals surface area contributed by atoms with Gasteiger partial charge in [0.2, 0.25) is 5.91 Å². The summed E-state index contributed by atoms with van der Waals surface area (Å²) in [6, 6.07) is 24.9. The fourth-order valence-electron chi connectivity index (χ4n) is 5.21. The SMILES string of the molecule is CC1(C)c2ccccc2N2CC(=O)N(Cc3ccccc3)[C@@]21/C=C\c1ccc(F)cc1. The van der Waals surface area contributed by atoms with E-state index in [0.29, 0.717) is 13.1 Å². The lowest BCUT2D eigenvalue weighted by Gasteiger charge is -2.46. The monoisotopic (exact) mass is 412 g/mol. The molecule has 0 unspecified atom stereocenters. The normalized spacial score (nSPS) is 21.6. The van der Waals surface area contributed by atoms with Crippen LogP contribution >= 0.6 is 0 Å². The Labute approximate surface area is 182 Å². The minimum absolute atomic E-state index is 0.107. The summed E-state index contributed by atoms with van der Waals surface area (Å²) < 4.78 is 13.4. The first-order valence-corrected chi connectivity index (χ1v) is 10.6. The Morgan fingerprint density at radius 3 is 2.35 bits per heavy atom. The lowest BCUT2D eigenvalue weighted by molar-refractivity contribution is -0.131. The second-order valence-electron chi connectivity index (χ2n) is 8.80. The predicted octanol–water partition coefficient (Wildman–Crippen LogP) is 5.38. The van der Waals surface area contributed by atoms with Crippen molar-refractivity contribution in [2.24, 2.45) is 0 Å². The number of amides is 1. The fourth-order valence-corrected chi connectivity index (χ4v) is 5.21. The van der Waals surface area contributed by atoms with E-state index in [1.54, 1.807) is 12.1 Å². The van der Waals surface area contributed by atoms with Gasteiger partial charge in [-0.05, 0) is 41.0 Å². The smallest absolute Gasteiger partial charge is 0.244 e. The predicted molar refractivity (Wildman–Crippen MR) is 122 cm³/mol. The highest BCUT2D eigenvalue weighted by molar-refractivity contribution is 5.91. The topological polar surface area (TPSA) is 23.6 Å². The molecular formula is C27H25FN2O. The number of benzene rings is 3. The molecule has 0 N–H and O–H groups in total. The molecule has 2 aliphatic heterocycles. The zero-order valence-corrected chi connectivity index (χ0v) is 17.8. The number of fused-ring (bicyclic) bond motifs is 3. The third-order valence-electron chi connectivity index (χ3n) is 6.77.